The summed E-state index contributed by atoms with van der Waals surface area (Å²) in [5, 5.41) is 0. The lowest BCUT2D eigenvalue weighted by Gasteiger charge is -2.31. The highest BCUT2D eigenvalue weighted by atomic mass is 16.1. The second-order valence-corrected chi connectivity index (χ2v) is 5.78. The number of hydrogen-bond acceptors (Lipinski definition) is 2. The molecule has 2 nitrogen and oxygen atoms in total. The van der Waals surface area contributed by atoms with Crippen LogP contribution >= 0.6 is 0 Å². The van der Waals surface area contributed by atoms with E-state index in [-0.39, 0.29) is 0 Å². The van der Waals surface area contributed by atoms with Gasteiger partial charge in [-0.1, -0.05) is 40.0 Å². The number of rotatable bonds is 13. The Bertz CT molecular complexity index is 209. The third-order valence-electron chi connectivity index (χ3n) is 3.75. The summed E-state index contributed by atoms with van der Waals surface area (Å²) in [5.74, 6) is 0.334. The van der Waals surface area contributed by atoms with Crippen LogP contribution in [0.25, 0.3) is 0 Å². The second kappa shape index (κ2) is 12.7. The number of hydrogen-bond donors (Lipinski definition) is 0. The Balaban J connectivity index is 4.02. The van der Waals surface area contributed by atoms with Crippen molar-refractivity contribution in [3.05, 3.63) is 0 Å². The van der Waals surface area contributed by atoms with Crippen molar-refractivity contribution in [2.45, 2.75) is 91.5 Å². The molecule has 0 radical (unpaired) electrons. The topological polar surface area (TPSA) is 20.3 Å². The Morgan fingerprint density at radius 2 is 1.53 bits per heavy atom. The fraction of sp³-hybridized carbons (Fsp3) is 0.941. The minimum atomic E-state index is 0.334. The van der Waals surface area contributed by atoms with E-state index in [9.17, 15) is 4.79 Å². The molecule has 0 amide bonds. The second-order valence-electron chi connectivity index (χ2n) is 5.78. The van der Waals surface area contributed by atoms with Crippen LogP contribution in [0.5, 0.6) is 0 Å². The fourth-order valence-corrected chi connectivity index (χ4v) is 2.81. The van der Waals surface area contributed by atoms with Crippen LogP contribution in [0, 0.1) is 0 Å². The van der Waals surface area contributed by atoms with E-state index in [0.29, 0.717) is 5.78 Å². The highest BCUT2D eigenvalue weighted by Gasteiger charge is 2.15. The van der Waals surface area contributed by atoms with Crippen molar-refractivity contribution >= 4 is 5.78 Å². The highest BCUT2D eigenvalue weighted by Crippen LogP contribution is 2.15. The molecule has 2 heteroatoms. The van der Waals surface area contributed by atoms with Crippen molar-refractivity contribution in [3.63, 3.8) is 0 Å². The van der Waals surface area contributed by atoms with Gasteiger partial charge in [-0.05, 0) is 52.1 Å². The molecule has 0 unspecified atom stereocenters. The van der Waals surface area contributed by atoms with E-state index in [0.717, 1.165) is 18.9 Å². The molecule has 0 aliphatic heterocycles. The van der Waals surface area contributed by atoms with Crippen molar-refractivity contribution < 1.29 is 4.79 Å². The average Bonchev–Trinajstić information content (AvgIpc) is 2.36. The largest absolute Gasteiger partial charge is 0.300 e. The Kier molecular flexibility index (Phi) is 12.4. The summed E-state index contributed by atoms with van der Waals surface area (Å²) in [6, 6.07) is 0.780. The van der Waals surface area contributed by atoms with Crippen LogP contribution in [0.3, 0.4) is 0 Å². The summed E-state index contributed by atoms with van der Waals surface area (Å²) in [6.07, 6.45) is 10.8. The van der Waals surface area contributed by atoms with Crippen LogP contribution in [0.2, 0.25) is 0 Å². The van der Waals surface area contributed by atoms with Gasteiger partial charge in [-0.15, -0.1) is 0 Å². The third kappa shape index (κ3) is 10.1. The van der Waals surface area contributed by atoms with Gasteiger partial charge in [-0.2, -0.15) is 0 Å². The van der Waals surface area contributed by atoms with Crippen molar-refractivity contribution in [2.24, 2.45) is 0 Å². The number of nitrogens with zero attached hydrogens (tertiary/aromatic N) is 1. The molecular formula is C17H35NO. The number of unbranched alkanes of at least 4 members (excludes halogenated alkanes) is 2. The summed E-state index contributed by atoms with van der Waals surface area (Å²) in [7, 11) is 0. The molecule has 0 saturated carbocycles. The molecule has 0 aromatic carbocycles. The van der Waals surface area contributed by atoms with Crippen LogP contribution in [0.1, 0.15) is 85.5 Å². The van der Waals surface area contributed by atoms with E-state index in [1.807, 2.05) is 0 Å². The Labute approximate surface area is 120 Å². The van der Waals surface area contributed by atoms with Gasteiger partial charge >= 0.3 is 0 Å². The first-order valence-corrected chi connectivity index (χ1v) is 8.39. The Morgan fingerprint density at radius 1 is 0.895 bits per heavy atom. The van der Waals surface area contributed by atoms with Gasteiger partial charge in [0.05, 0.1) is 0 Å². The van der Waals surface area contributed by atoms with Gasteiger partial charge in [0.25, 0.3) is 0 Å². The van der Waals surface area contributed by atoms with E-state index in [2.05, 4.69) is 25.7 Å². The van der Waals surface area contributed by atoms with E-state index in [4.69, 9.17) is 0 Å². The van der Waals surface area contributed by atoms with Gasteiger partial charge in [0.1, 0.15) is 5.78 Å². The first kappa shape index (κ1) is 18.6. The fourth-order valence-electron chi connectivity index (χ4n) is 2.81. The molecule has 0 saturated heterocycles. The molecule has 0 heterocycles. The minimum absolute atomic E-state index is 0.334. The standard InChI is InChI=1S/C17H35NO/c1-5-11-17(12-6-2)18(14-7-3)15-10-8-9-13-16(4)19/h17H,5-15H2,1-4H3. The quantitative estimate of drug-likeness (QED) is 0.447. The van der Waals surface area contributed by atoms with Crippen LogP contribution in [-0.2, 0) is 4.79 Å². The summed E-state index contributed by atoms with van der Waals surface area (Å²) in [6.45, 7) is 11.0. The number of carbonyl (C=O) groups is 1. The summed E-state index contributed by atoms with van der Waals surface area (Å²) in [5.41, 5.74) is 0. The van der Waals surface area contributed by atoms with Gasteiger partial charge in [0.15, 0.2) is 0 Å². The van der Waals surface area contributed by atoms with E-state index in [1.165, 1.54) is 58.0 Å². The van der Waals surface area contributed by atoms with Gasteiger partial charge in [-0.25, -0.2) is 0 Å². The molecule has 0 aromatic heterocycles. The maximum absolute atomic E-state index is 10.9. The zero-order valence-electron chi connectivity index (χ0n) is 13.7. The number of ketones is 1. The van der Waals surface area contributed by atoms with E-state index in [1.54, 1.807) is 6.92 Å². The third-order valence-corrected chi connectivity index (χ3v) is 3.75. The maximum Gasteiger partial charge on any atom is 0.129 e. The first-order valence-electron chi connectivity index (χ1n) is 8.39. The number of Topliss-reactive ketones (excluding diaryl/α,β-unsaturated/α-hetero) is 1. The predicted octanol–water partition coefficient (Wildman–Crippen LogP) is 4.82. The lowest BCUT2D eigenvalue weighted by molar-refractivity contribution is -0.117. The minimum Gasteiger partial charge on any atom is -0.300 e. The normalized spacial score (nSPS) is 11.5. The highest BCUT2D eigenvalue weighted by molar-refractivity contribution is 5.75. The van der Waals surface area contributed by atoms with Gasteiger partial charge in [0, 0.05) is 12.5 Å². The molecule has 0 atom stereocenters. The first-order chi connectivity index (χ1) is 9.15. The van der Waals surface area contributed by atoms with Crippen molar-refractivity contribution in [2.75, 3.05) is 13.1 Å². The van der Waals surface area contributed by atoms with E-state index >= 15 is 0 Å². The molecule has 0 aliphatic carbocycles. The Hall–Kier alpha value is -0.370. The molecule has 0 bridgehead atoms. The zero-order chi connectivity index (χ0) is 14.5. The van der Waals surface area contributed by atoms with Crippen molar-refractivity contribution in [1.29, 1.82) is 0 Å². The molecule has 19 heavy (non-hydrogen) atoms. The molecule has 0 N–H and O–H groups in total. The molecule has 0 rings (SSSR count). The van der Waals surface area contributed by atoms with Crippen LogP contribution < -0.4 is 0 Å². The van der Waals surface area contributed by atoms with Crippen molar-refractivity contribution in [1.82, 2.24) is 4.90 Å². The summed E-state index contributed by atoms with van der Waals surface area (Å²) < 4.78 is 0. The van der Waals surface area contributed by atoms with Crippen LogP contribution in [0.15, 0.2) is 0 Å². The zero-order valence-corrected chi connectivity index (χ0v) is 13.7. The molecule has 0 aliphatic rings. The number of carbonyl (C=O) groups excluding carboxylic acids is 1. The SMILES string of the molecule is CCCC(CCC)N(CCC)CCCCCC(C)=O. The monoisotopic (exact) mass is 269 g/mol. The lowest BCUT2D eigenvalue weighted by Crippen LogP contribution is -2.36. The molecular weight excluding hydrogens is 234 g/mol. The summed E-state index contributed by atoms with van der Waals surface area (Å²) in [4.78, 5) is 13.6. The van der Waals surface area contributed by atoms with Gasteiger partial charge in [0.2, 0.25) is 0 Å². The van der Waals surface area contributed by atoms with E-state index < -0.39 is 0 Å². The van der Waals surface area contributed by atoms with Crippen LogP contribution in [-0.4, -0.2) is 29.8 Å². The average molecular weight is 269 g/mol. The molecule has 0 spiro atoms. The maximum atomic E-state index is 10.9. The van der Waals surface area contributed by atoms with Crippen molar-refractivity contribution in [3.8, 4) is 0 Å². The van der Waals surface area contributed by atoms with Gasteiger partial charge < -0.3 is 9.69 Å². The smallest absolute Gasteiger partial charge is 0.129 e. The molecule has 114 valence electrons. The Morgan fingerprint density at radius 3 is 2.00 bits per heavy atom. The van der Waals surface area contributed by atoms with Gasteiger partial charge in [-0.3, -0.25) is 0 Å². The summed E-state index contributed by atoms with van der Waals surface area (Å²) >= 11 is 0. The van der Waals surface area contributed by atoms with Crippen LogP contribution in [0.4, 0.5) is 0 Å². The predicted molar refractivity (Wildman–Crippen MR) is 84.6 cm³/mol. The molecule has 0 fully saturated rings. The lowest BCUT2D eigenvalue weighted by atomic mass is 10.0. The molecule has 0 aromatic rings.